The van der Waals surface area contributed by atoms with Crippen molar-refractivity contribution in [3.63, 3.8) is 0 Å². The predicted molar refractivity (Wildman–Crippen MR) is 155 cm³/mol. The monoisotopic (exact) mass is 557 g/mol. The average Bonchev–Trinajstić information content (AvgIpc) is 3.28. The van der Waals surface area contributed by atoms with Crippen molar-refractivity contribution in [3.8, 4) is 0 Å². The molecule has 1 saturated heterocycles. The quantitative estimate of drug-likeness (QED) is 0.124. The lowest BCUT2D eigenvalue weighted by atomic mass is 9.47. The Hall–Kier alpha value is -5.64. The highest BCUT2D eigenvalue weighted by atomic mass is 16.6. The van der Waals surface area contributed by atoms with E-state index in [1.54, 1.807) is 30.5 Å². The second kappa shape index (κ2) is 9.20. The van der Waals surface area contributed by atoms with E-state index < -0.39 is 34.0 Å². The normalized spacial score (nSPS) is 23.4. The van der Waals surface area contributed by atoms with Gasteiger partial charge in [-0.3, -0.25) is 24.5 Å². The van der Waals surface area contributed by atoms with Crippen molar-refractivity contribution in [3.05, 3.63) is 135 Å². The van der Waals surface area contributed by atoms with Crippen molar-refractivity contribution in [1.29, 1.82) is 0 Å². The highest BCUT2D eigenvalue weighted by Crippen LogP contribution is 2.63. The molecule has 8 rings (SSSR count). The van der Waals surface area contributed by atoms with Gasteiger partial charge in [-0.15, -0.1) is 0 Å². The lowest BCUT2D eigenvalue weighted by Gasteiger charge is -2.52. The number of benzene rings is 4. The Bertz CT molecular complexity index is 1800. The summed E-state index contributed by atoms with van der Waals surface area (Å²) in [5, 5.41) is 15.6. The Kier molecular flexibility index (Phi) is 5.55. The van der Waals surface area contributed by atoms with E-state index in [2.05, 4.69) is 10.5 Å². The number of carbonyl (C=O) groups excluding carboxylic acids is 3. The van der Waals surface area contributed by atoms with Crippen molar-refractivity contribution < 1.29 is 19.3 Å². The third kappa shape index (κ3) is 3.38. The first-order chi connectivity index (χ1) is 20.3. The second-order valence-corrected chi connectivity index (χ2v) is 10.6. The second-order valence-electron chi connectivity index (χ2n) is 10.6. The van der Waals surface area contributed by atoms with Gasteiger partial charge in [-0.2, -0.15) is 5.10 Å². The van der Waals surface area contributed by atoms with E-state index in [0.29, 0.717) is 5.69 Å². The number of rotatable bonds is 5. The van der Waals surface area contributed by atoms with Crippen molar-refractivity contribution in [2.75, 3.05) is 10.6 Å². The maximum atomic E-state index is 14.4. The third-order valence-corrected chi connectivity index (χ3v) is 8.64. The molecule has 0 radical (unpaired) electrons. The SMILES string of the molecule is Nc1ccccc1C(=O)N/N=C\C12c3ccccc3C(c3ccccc31)[C@@H]1C(=O)N(c3ccc([N+](=O)[O-])cc3)C(=O)[C@H]12. The first kappa shape index (κ1) is 25.3. The Balaban J connectivity index is 1.39. The van der Waals surface area contributed by atoms with Gasteiger partial charge in [0.15, 0.2) is 0 Å². The standard InChI is InChI=1S/C32H23N5O5/c33-25-12-6-3-9-22(25)29(38)35-34-17-32-23-10-4-1-7-20(23)26(21-8-2-5-11-24(21)32)27-28(32)31(40)36(30(27)39)18-13-15-19(16-14-18)37(41)42/h1-17,26-28H,33H2,(H,35,38)/b34-17-/t26?,27-,28-,32?/m0/s1. The zero-order chi connectivity index (χ0) is 29.2. The molecule has 0 aromatic heterocycles. The number of hydrogen-bond acceptors (Lipinski definition) is 7. The molecule has 3 aliphatic carbocycles. The number of carbonyl (C=O) groups is 3. The van der Waals surface area contributed by atoms with E-state index >= 15 is 0 Å². The molecule has 3 amide bonds. The molecule has 4 aromatic rings. The van der Waals surface area contributed by atoms with E-state index in [1.165, 1.54) is 24.3 Å². The molecular formula is C32H23N5O5. The summed E-state index contributed by atoms with van der Waals surface area (Å²) in [5.41, 5.74) is 11.5. The van der Waals surface area contributed by atoms with Crippen molar-refractivity contribution in [1.82, 2.24) is 5.43 Å². The fourth-order valence-electron chi connectivity index (χ4n) is 6.98. The van der Waals surface area contributed by atoms with E-state index in [-0.39, 0.29) is 28.8 Å². The highest BCUT2D eigenvalue weighted by molar-refractivity contribution is 6.25. The van der Waals surface area contributed by atoms with E-state index in [9.17, 15) is 24.5 Å². The van der Waals surface area contributed by atoms with E-state index in [0.717, 1.165) is 27.2 Å². The zero-order valence-electron chi connectivity index (χ0n) is 22.0. The Labute approximate surface area is 239 Å². The third-order valence-electron chi connectivity index (χ3n) is 8.64. The Morgan fingerprint density at radius 2 is 1.48 bits per heavy atom. The van der Waals surface area contributed by atoms with Crippen LogP contribution in [0.1, 0.15) is 38.5 Å². The van der Waals surface area contributed by atoms with Gasteiger partial charge in [0.25, 0.3) is 11.6 Å². The van der Waals surface area contributed by atoms with Crippen LogP contribution in [0.4, 0.5) is 17.1 Å². The first-order valence-electron chi connectivity index (χ1n) is 13.3. The predicted octanol–water partition coefficient (Wildman–Crippen LogP) is 4.14. The van der Waals surface area contributed by atoms with Crippen LogP contribution in [-0.4, -0.2) is 28.9 Å². The number of anilines is 2. The molecule has 206 valence electrons. The van der Waals surface area contributed by atoms with Gasteiger partial charge in [0.1, 0.15) is 0 Å². The minimum atomic E-state index is -1.18. The van der Waals surface area contributed by atoms with Crippen molar-refractivity contribution in [2.45, 2.75) is 11.3 Å². The average molecular weight is 558 g/mol. The van der Waals surface area contributed by atoms with Crippen LogP contribution >= 0.6 is 0 Å². The van der Waals surface area contributed by atoms with Gasteiger partial charge in [0.05, 0.1) is 33.4 Å². The molecule has 3 N–H and O–H groups in total. The van der Waals surface area contributed by atoms with Gasteiger partial charge in [-0.05, 0) is 46.5 Å². The molecule has 42 heavy (non-hydrogen) atoms. The van der Waals surface area contributed by atoms with Crippen molar-refractivity contribution in [2.24, 2.45) is 16.9 Å². The van der Waals surface area contributed by atoms with Gasteiger partial charge in [0.2, 0.25) is 11.8 Å². The number of amides is 3. The van der Waals surface area contributed by atoms with Crippen LogP contribution in [0, 0.1) is 22.0 Å². The van der Waals surface area contributed by atoms with Crippen LogP contribution < -0.4 is 16.1 Å². The number of non-ortho nitro benzene ring substituents is 1. The number of para-hydroxylation sites is 1. The lowest BCUT2D eigenvalue weighted by molar-refractivity contribution is -0.384. The number of nitrogens with two attached hydrogens (primary N) is 1. The van der Waals surface area contributed by atoms with Crippen LogP contribution in [0.2, 0.25) is 0 Å². The zero-order valence-corrected chi connectivity index (χ0v) is 22.0. The summed E-state index contributed by atoms with van der Waals surface area (Å²) in [5.74, 6) is -3.31. The first-order valence-corrected chi connectivity index (χ1v) is 13.3. The summed E-state index contributed by atoms with van der Waals surface area (Å²) in [6, 6.07) is 27.4. The van der Waals surface area contributed by atoms with Crippen LogP contribution in [0.3, 0.4) is 0 Å². The van der Waals surface area contributed by atoms with Crippen LogP contribution in [0.5, 0.6) is 0 Å². The Morgan fingerprint density at radius 3 is 2.10 bits per heavy atom. The maximum Gasteiger partial charge on any atom is 0.273 e. The molecular weight excluding hydrogens is 534 g/mol. The molecule has 0 spiro atoms. The summed E-state index contributed by atoms with van der Waals surface area (Å²) in [7, 11) is 0. The van der Waals surface area contributed by atoms with Gasteiger partial charge >= 0.3 is 0 Å². The summed E-state index contributed by atoms with van der Waals surface area (Å²) in [4.78, 5) is 53.3. The molecule has 4 aliphatic rings. The molecule has 0 unspecified atom stereocenters. The fourth-order valence-corrected chi connectivity index (χ4v) is 6.98. The minimum Gasteiger partial charge on any atom is -0.398 e. The number of nitrogen functional groups attached to an aromatic ring is 1. The number of nitrogens with zero attached hydrogens (tertiary/aromatic N) is 3. The number of nitrogens with one attached hydrogen (secondary N) is 1. The molecule has 2 bridgehead atoms. The fraction of sp³-hybridized carbons (Fsp3) is 0.125. The number of nitro groups is 1. The van der Waals surface area contributed by atoms with Gasteiger partial charge in [0, 0.05) is 30.0 Å². The number of imide groups is 1. The number of hydrazone groups is 1. The largest absolute Gasteiger partial charge is 0.398 e. The Morgan fingerprint density at radius 1 is 0.881 bits per heavy atom. The van der Waals surface area contributed by atoms with Gasteiger partial charge < -0.3 is 5.73 Å². The van der Waals surface area contributed by atoms with Crippen molar-refractivity contribution >= 4 is 41.0 Å². The molecule has 0 saturated carbocycles. The summed E-state index contributed by atoms with van der Waals surface area (Å²) in [6.45, 7) is 0. The molecule has 4 aromatic carbocycles. The molecule has 10 nitrogen and oxygen atoms in total. The van der Waals surface area contributed by atoms with Gasteiger partial charge in [-0.25, -0.2) is 10.3 Å². The molecule has 1 fully saturated rings. The van der Waals surface area contributed by atoms with Crippen LogP contribution in [0.15, 0.2) is 102 Å². The minimum absolute atomic E-state index is 0.145. The van der Waals surface area contributed by atoms with E-state index in [1.807, 2.05) is 48.5 Å². The van der Waals surface area contributed by atoms with Crippen LogP contribution in [0.25, 0.3) is 0 Å². The summed E-state index contributed by atoms with van der Waals surface area (Å²) < 4.78 is 0. The molecule has 2 atom stereocenters. The molecule has 1 heterocycles. The topological polar surface area (TPSA) is 148 Å². The van der Waals surface area contributed by atoms with E-state index in [4.69, 9.17) is 5.73 Å². The molecule has 10 heteroatoms. The van der Waals surface area contributed by atoms with Crippen LogP contribution in [-0.2, 0) is 15.0 Å². The highest BCUT2D eigenvalue weighted by Gasteiger charge is 2.68. The smallest absolute Gasteiger partial charge is 0.273 e. The molecule has 1 aliphatic heterocycles. The van der Waals surface area contributed by atoms with Gasteiger partial charge in [-0.1, -0.05) is 60.7 Å². The number of hydrogen-bond donors (Lipinski definition) is 2. The lowest BCUT2D eigenvalue weighted by Crippen LogP contribution is -2.54. The summed E-state index contributed by atoms with van der Waals surface area (Å²) >= 11 is 0. The summed E-state index contributed by atoms with van der Waals surface area (Å²) in [6.07, 6.45) is 1.57. The maximum absolute atomic E-state index is 14.4. The number of nitro benzene ring substituents is 1.